The number of non-ortho nitro benzene ring substituents is 1. The molecule has 0 saturated carbocycles. The molecule has 0 aromatic heterocycles. The predicted octanol–water partition coefficient (Wildman–Crippen LogP) is -5.36. The van der Waals surface area contributed by atoms with E-state index in [1.807, 2.05) is 0 Å². The molecule has 45 heavy (non-hydrogen) atoms. The number of hydrogen-bond donors (Lipinski definition) is 1. The Morgan fingerprint density at radius 2 is 1.13 bits per heavy atom. The number of nitro benzene ring substituents is 1. The van der Waals surface area contributed by atoms with Crippen LogP contribution in [0.3, 0.4) is 0 Å². The summed E-state index contributed by atoms with van der Waals surface area (Å²) in [6.07, 6.45) is 1.97. The fourth-order valence-corrected chi connectivity index (χ4v) is 5.94. The number of hydrogen-bond acceptors (Lipinski definition) is 14. The Morgan fingerprint density at radius 3 is 1.64 bits per heavy atom. The predicted molar refractivity (Wildman–Crippen MR) is 145 cm³/mol. The standard InChI is InChI=1S/C24H18N4O11S3.3Na/c25-24-19-4-2-1-3-18(19)23(42(37,38)39)13-20(24)27-26-16-9-7-14(21(11-16)40(31,32)33)5-6-15-8-10-17(28(29)30)12-22(15)41(34,35)36;;;/h1-13H,25H2,(H,31,32,33)(H,34,35,36)(H,37,38,39);;;/q;3*+1/p-3. The van der Waals surface area contributed by atoms with Crippen molar-refractivity contribution in [3.63, 3.8) is 0 Å². The normalized spacial score (nSPS) is 12.0. The average molecular weight is 701 g/mol. The third kappa shape index (κ3) is 9.95. The Bertz CT molecular complexity index is 2180. The molecule has 0 unspecified atom stereocenters. The summed E-state index contributed by atoms with van der Waals surface area (Å²) in [5.41, 5.74) is 4.34. The van der Waals surface area contributed by atoms with Gasteiger partial charge in [0.25, 0.3) is 5.69 Å². The van der Waals surface area contributed by atoms with Gasteiger partial charge in [0.05, 0.1) is 31.0 Å². The van der Waals surface area contributed by atoms with E-state index in [2.05, 4.69) is 10.2 Å². The van der Waals surface area contributed by atoms with Crippen LogP contribution >= 0.6 is 0 Å². The first-order valence-corrected chi connectivity index (χ1v) is 15.4. The molecule has 0 fully saturated rings. The molecule has 0 aliphatic carbocycles. The summed E-state index contributed by atoms with van der Waals surface area (Å²) in [5.74, 6) is 0. The molecule has 21 heteroatoms. The van der Waals surface area contributed by atoms with E-state index in [1.165, 1.54) is 24.3 Å². The van der Waals surface area contributed by atoms with Gasteiger partial charge in [0.2, 0.25) is 0 Å². The topological polar surface area (TPSA) is 265 Å². The zero-order valence-corrected chi connectivity index (χ0v) is 32.1. The maximum absolute atomic E-state index is 12.0. The summed E-state index contributed by atoms with van der Waals surface area (Å²) in [6.45, 7) is 0. The van der Waals surface area contributed by atoms with Gasteiger partial charge in [0.1, 0.15) is 36.0 Å². The van der Waals surface area contributed by atoms with E-state index in [1.54, 1.807) is 6.07 Å². The van der Waals surface area contributed by atoms with Gasteiger partial charge in [-0.25, -0.2) is 25.3 Å². The molecule has 0 saturated heterocycles. The molecule has 2 N–H and O–H groups in total. The van der Waals surface area contributed by atoms with Crippen LogP contribution in [0.4, 0.5) is 22.7 Å². The van der Waals surface area contributed by atoms with Gasteiger partial charge < -0.3 is 19.4 Å². The first kappa shape index (κ1) is 41.4. The van der Waals surface area contributed by atoms with Gasteiger partial charge >= 0.3 is 88.7 Å². The van der Waals surface area contributed by atoms with Crippen molar-refractivity contribution in [2.75, 3.05) is 5.73 Å². The minimum atomic E-state index is -5.18. The molecule has 15 nitrogen and oxygen atoms in total. The average Bonchev–Trinajstić information content (AvgIpc) is 2.90. The summed E-state index contributed by atoms with van der Waals surface area (Å²) in [7, 11) is -15.3. The van der Waals surface area contributed by atoms with E-state index in [-0.39, 0.29) is 128 Å². The largest absolute Gasteiger partial charge is 1.00 e. The molecule has 0 spiro atoms. The molecular weight excluding hydrogens is 685 g/mol. The molecule has 0 amide bonds. The van der Waals surface area contributed by atoms with Gasteiger partial charge in [-0.3, -0.25) is 10.1 Å². The third-order valence-electron chi connectivity index (χ3n) is 5.76. The molecule has 4 aromatic rings. The third-order valence-corrected chi connectivity index (χ3v) is 8.42. The van der Waals surface area contributed by atoms with Crippen molar-refractivity contribution in [1.29, 1.82) is 0 Å². The van der Waals surface area contributed by atoms with Crippen LogP contribution < -0.4 is 94.4 Å². The van der Waals surface area contributed by atoms with Crippen molar-refractivity contribution < 1.29 is 133 Å². The van der Waals surface area contributed by atoms with Crippen molar-refractivity contribution in [1.82, 2.24) is 0 Å². The maximum Gasteiger partial charge on any atom is 1.00 e. The Labute approximate surface area is 323 Å². The Morgan fingerprint density at radius 1 is 0.644 bits per heavy atom. The van der Waals surface area contributed by atoms with Crippen molar-refractivity contribution in [2.45, 2.75) is 14.7 Å². The molecule has 0 aliphatic rings. The zero-order valence-electron chi connectivity index (χ0n) is 23.6. The monoisotopic (exact) mass is 700 g/mol. The van der Waals surface area contributed by atoms with E-state index >= 15 is 0 Å². The van der Waals surface area contributed by atoms with E-state index < -0.39 is 55.7 Å². The van der Waals surface area contributed by atoms with Crippen LogP contribution in [0.25, 0.3) is 22.9 Å². The van der Waals surface area contributed by atoms with Gasteiger partial charge in [-0.2, -0.15) is 5.11 Å². The Hall–Kier alpha value is -1.59. The number of rotatable bonds is 8. The van der Waals surface area contributed by atoms with Gasteiger partial charge in [0, 0.05) is 22.9 Å². The summed E-state index contributed by atoms with van der Waals surface area (Å²) in [5, 5.41) is 18.9. The number of anilines is 1. The molecule has 4 aromatic carbocycles. The molecule has 0 aliphatic heterocycles. The number of benzene rings is 4. The van der Waals surface area contributed by atoms with E-state index in [9.17, 15) is 49.0 Å². The number of azo groups is 1. The summed E-state index contributed by atoms with van der Waals surface area (Å²) in [6, 6.07) is 12.3. The van der Waals surface area contributed by atoms with Crippen LogP contribution in [0.15, 0.2) is 91.6 Å². The van der Waals surface area contributed by atoms with Crippen molar-refractivity contribution in [2.24, 2.45) is 10.2 Å². The van der Waals surface area contributed by atoms with Crippen molar-refractivity contribution >= 4 is 76.0 Å². The van der Waals surface area contributed by atoms with E-state index in [4.69, 9.17) is 5.73 Å². The quantitative estimate of drug-likeness (QED) is 0.0343. The van der Waals surface area contributed by atoms with E-state index in [0.717, 1.165) is 42.5 Å². The molecule has 0 atom stereocenters. The fourth-order valence-electron chi connectivity index (χ4n) is 3.86. The van der Waals surface area contributed by atoms with Crippen LogP contribution in [0.2, 0.25) is 0 Å². The SMILES string of the molecule is Nc1c(N=Nc2ccc(C=Cc3ccc([N+](=O)[O-])cc3S(=O)(=O)[O-])c(S(=O)(=O)[O-])c2)cc(S(=O)(=O)[O-])c2ccccc12.[Na+].[Na+].[Na+]. The molecule has 218 valence electrons. The first-order valence-electron chi connectivity index (χ1n) is 11.2. The van der Waals surface area contributed by atoms with Crippen molar-refractivity contribution in [3.8, 4) is 0 Å². The van der Waals surface area contributed by atoms with E-state index in [0.29, 0.717) is 6.07 Å². The number of fused-ring (bicyclic) bond motifs is 1. The zero-order chi connectivity index (χ0) is 31.0. The van der Waals surface area contributed by atoms with Crippen LogP contribution in [0.5, 0.6) is 0 Å². The minimum absolute atomic E-state index is 0. The second kappa shape index (κ2) is 16.0. The number of nitrogens with zero attached hydrogens (tertiary/aromatic N) is 3. The first-order chi connectivity index (χ1) is 19.5. The van der Waals surface area contributed by atoms with Gasteiger partial charge in [0.15, 0.2) is 0 Å². The summed E-state index contributed by atoms with van der Waals surface area (Å²) >= 11 is 0. The van der Waals surface area contributed by atoms with Gasteiger partial charge in [-0.1, -0.05) is 42.5 Å². The van der Waals surface area contributed by atoms with Crippen LogP contribution in [-0.2, 0) is 30.4 Å². The second-order valence-corrected chi connectivity index (χ2v) is 12.5. The van der Waals surface area contributed by atoms with Crippen LogP contribution in [0, 0.1) is 10.1 Å². The second-order valence-electron chi connectivity index (χ2n) is 8.45. The fraction of sp³-hybridized carbons (Fsp3) is 0. The molecule has 4 rings (SSSR count). The number of nitrogens with two attached hydrogens (primary N) is 1. The van der Waals surface area contributed by atoms with Crippen LogP contribution in [0.1, 0.15) is 11.1 Å². The molecule has 0 radical (unpaired) electrons. The van der Waals surface area contributed by atoms with Gasteiger partial charge in [-0.15, -0.1) is 5.11 Å². The summed E-state index contributed by atoms with van der Waals surface area (Å²) in [4.78, 5) is 7.65. The number of nitrogen functional groups attached to an aromatic ring is 1. The van der Waals surface area contributed by atoms with Crippen LogP contribution in [-0.4, -0.2) is 43.8 Å². The Balaban J connectivity index is 0.00000337. The summed E-state index contributed by atoms with van der Waals surface area (Å²) < 4.78 is 106. The maximum atomic E-state index is 12.0. The molecular formula is C24H15N4Na3O11S3. The number of nitro groups is 1. The molecule has 0 heterocycles. The minimum Gasteiger partial charge on any atom is -0.744 e. The molecule has 0 bridgehead atoms. The van der Waals surface area contributed by atoms with Gasteiger partial charge in [-0.05, 0) is 35.4 Å². The Kier molecular flexibility index (Phi) is 14.7. The van der Waals surface area contributed by atoms with Crippen molar-refractivity contribution in [3.05, 3.63) is 88.0 Å². The smallest absolute Gasteiger partial charge is 0.744 e.